The third-order valence-electron chi connectivity index (χ3n) is 2.82. The number of aryl methyl sites for hydroxylation is 2. The maximum Gasteiger partial charge on any atom is 0.246 e. The summed E-state index contributed by atoms with van der Waals surface area (Å²) in [6.45, 7) is 5.54. The number of hydrogen-bond acceptors (Lipinski definition) is 3. The van der Waals surface area contributed by atoms with Crippen molar-refractivity contribution in [2.75, 3.05) is 0 Å². The quantitative estimate of drug-likeness (QED) is 0.598. The number of primary amides is 1. The summed E-state index contributed by atoms with van der Waals surface area (Å²) in [6, 6.07) is 3.70. The Morgan fingerprint density at radius 3 is 2.68 bits per heavy atom. The average molecular weight is 261 g/mol. The van der Waals surface area contributed by atoms with Crippen molar-refractivity contribution >= 4 is 18.0 Å². The number of nitrogens with two attached hydrogens (primary N) is 1. The minimum absolute atomic E-state index is 0.315. The molecular weight excluding hydrogens is 242 g/mol. The van der Waals surface area contributed by atoms with Crippen LogP contribution in [0.3, 0.4) is 0 Å². The lowest BCUT2D eigenvalue weighted by Crippen LogP contribution is -2.20. The van der Waals surface area contributed by atoms with Gasteiger partial charge in [0.05, 0.1) is 5.70 Å². The first-order chi connectivity index (χ1) is 9.01. The van der Waals surface area contributed by atoms with E-state index in [2.05, 4.69) is 10.3 Å². The molecule has 0 aliphatic carbocycles. The van der Waals surface area contributed by atoms with E-state index >= 15 is 0 Å². The fraction of sp³-hybridized carbons (Fsp3) is 0.357. The number of aromatic nitrogens is 1. The van der Waals surface area contributed by atoms with Gasteiger partial charge in [0.2, 0.25) is 12.3 Å². The molecule has 0 aromatic carbocycles. The number of carbonyl (C=O) groups is 2. The summed E-state index contributed by atoms with van der Waals surface area (Å²) in [6.07, 6.45) is 2.23. The van der Waals surface area contributed by atoms with Crippen molar-refractivity contribution in [3.05, 3.63) is 34.7 Å². The van der Waals surface area contributed by atoms with E-state index in [9.17, 15) is 9.59 Å². The molecule has 0 unspecified atom stereocenters. The van der Waals surface area contributed by atoms with Crippen molar-refractivity contribution in [1.29, 1.82) is 0 Å². The number of pyridine rings is 1. The molecule has 0 atom stereocenters. The van der Waals surface area contributed by atoms with Gasteiger partial charge < -0.3 is 11.1 Å². The smallest absolute Gasteiger partial charge is 0.246 e. The molecule has 0 spiro atoms. The number of rotatable bonds is 6. The van der Waals surface area contributed by atoms with Crippen molar-refractivity contribution < 1.29 is 9.59 Å². The van der Waals surface area contributed by atoms with Gasteiger partial charge in [-0.1, -0.05) is 13.3 Å². The van der Waals surface area contributed by atoms with Gasteiger partial charge in [-0.05, 0) is 32.4 Å². The zero-order chi connectivity index (χ0) is 14.4. The Kier molecular flexibility index (Phi) is 5.23. The fourth-order valence-corrected chi connectivity index (χ4v) is 1.84. The second-order valence-corrected chi connectivity index (χ2v) is 4.32. The summed E-state index contributed by atoms with van der Waals surface area (Å²) in [5, 5.41) is 2.56. The monoisotopic (exact) mass is 261 g/mol. The van der Waals surface area contributed by atoms with Crippen molar-refractivity contribution in [3.63, 3.8) is 0 Å². The van der Waals surface area contributed by atoms with Gasteiger partial charge in [0.1, 0.15) is 0 Å². The topological polar surface area (TPSA) is 85.1 Å². The third-order valence-corrected chi connectivity index (χ3v) is 2.82. The van der Waals surface area contributed by atoms with Crippen molar-refractivity contribution in [2.45, 2.75) is 33.6 Å². The highest BCUT2D eigenvalue weighted by Gasteiger charge is 2.14. The van der Waals surface area contributed by atoms with E-state index in [1.807, 2.05) is 26.0 Å². The third kappa shape index (κ3) is 3.64. The predicted octanol–water partition coefficient (Wildman–Crippen LogP) is 1.30. The lowest BCUT2D eigenvalue weighted by molar-refractivity contribution is -0.114. The molecule has 1 aromatic rings. The fourth-order valence-electron chi connectivity index (χ4n) is 1.84. The van der Waals surface area contributed by atoms with Gasteiger partial charge in [-0.25, -0.2) is 0 Å². The molecule has 1 rings (SSSR count). The SMILES string of the molecule is CCCc1nc(C)ccc1/C(NC=O)=C(\C)C(N)=O. The lowest BCUT2D eigenvalue weighted by atomic mass is 10.0. The number of amides is 2. The van der Waals surface area contributed by atoms with Crippen LogP contribution >= 0.6 is 0 Å². The summed E-state index contributed by atoms with van der Waals surface area (Å²) < 4.78 is 0. The van der Waals surface area contributed by atoms with Crippen molar-refractivity contribution in [1.82, 2.24) is 10.3 Å². The number of nitrogens with one attached hydrogen (secondary N) is 1. The number of carbonyl (C=O) groups excluding carboxylic acids is 2. The molecule has 0 fully saturated rings. The highest BCUT2D eigenvalue weighted by molar-refractivity contribution is 6.00. The van der Waals surface area contributed by atoms with Gasteiger partial charge in [0, 0.05) is 22.5 Å². The first kappa shape index (κ1) is 14.9. The van der Waals surface area contributed by atoms with Gasteiger partial charge in [-0.3, -0.25) is 14.6 Å². The van der Waals surface area contributed by atoms with Crippen LogP contribution in [0, 0.1) is 6.92 Å². The van der Waals surface area contributed by atoms with Gasteiger partial charge in [-0.15, -0.1) is 0 Å². The van der Waals surface area contributed by atoms with Gasteiger partial charge in [0.15, 0.2) is 0 Å². The number of nitrogens with zero attached hydrogens (tertiary/aromatic N) is 1. The molecule has 5 nitrogen and oxygen atoms in total. The van der Waals surface area contributed by atoms with Crippen LogP contribution in [0.4, 0.5) is 0 Å². The Bertz CT molecular complexity index is 521. The van der Waals surface area contributed by atoms with Crippen LogP contribution in [0.1, 0.15) is 37.2 Å². The second kappa shape index (κ2) is 6.68. The molecule has 0 aliphatic rings. The average Bonchev–Trinajstić information content (AvgIpc) is 2.36. The molecule has 0 aliphatic heterocycles. The summed E-state index contributed by atoms with van der Waals surface area (Å²) >= 11 is 0. The van der Waals surface area contributed by atoms with E-state index in [0.717, 1.165) is 29.8 Å². The largest absolute Gasteiger partial charge is 0.366 e. The van der Waals surface area contributed by atoms with Gasteiger partial charge >= 0.3 is 0 Å². The predicted molar refractivity (Wildman–Crippen MR) is 74.0 cm³/mol. The molecular formula is C14H19N3O2. The zero-order valence-electron chi connectivity index (χ0n) is 11.5. The Hall–Kier alpha value is -2.17. The zero-order valence-corrected chi connectivity index (χ0v) is 11.5. The van der Waals surface area contributed by atoms with E-state index in [4.69, 9.17) is 5.73 Å². The van der Waals surface area contributed by atoms with Crippen LogP contribution in [0.2, 0.25) is 0 Å². The van der Waals surface area contributed by atoms with Gasteiger partial charge in [0.25, 0.3) is 0 Å². The van der Waals surface area contributed by atoms with Crippen LogP contribution in [-0.2, 0) is 16.0 Å². The van der Waals surface area contributed by atoms with Gasteiger partial charge in [-0.2, -0.15) is 0 Å². The van der Waals surface area contributed by atoms with Crippen LogP contribution in [0.5, 0.6) is 0 Å². The Morgan fingerprint density at radius 1 is 1.47 bits per heavy atom. The molecule has 0 bridgehead atoms. The molecule has 19 heavy (non-hydrogen) atoms. The molecule has 0 radical (unpaired) electrons. The highest BCUT2D eigenvalue weighted by Crippen LogP contribution is 2.20. The summed E-state index contributed by atoms with van der Waals surface area (Å²) in [7, 11) is 0. The highest BCUT2D eigenvalue weighted by atomic mass is 16.1. The minimum atomic E-state index is -0.563. The van der Waals surface area contributed by atoms with E-state index in [0.29, 0.717) is 17.7 Å². The molecule has 102 valence electrons. The maximum absolute atomic E-state index is 11.3. The lowest BCUT2D eigenvalue weighted by Gasteiger charge is -2.14. The maximum atomic E-state index is 11.3. The molecule has 5 heteroatoms. The van der Waals surface area contributed by atoms with Crippen molar-refractivity contribution in [3.8, 4) is 0 Å². The first-order valence-corrected chi connectivity index (χ1v) is 6.19. The van der Waals surface area contributed by atoms with Crippen LogP contribution in [-0.4, -0.2) is 17.3 Å². The molecule has 0 saturated heterocycles. The van der Waals surface area contributed by atoms with E-state index in [-0.39, 0.29) is 0 Å². The summed E-state index contributed by atoms with van der Waals surface area (Å²) in [5.74, 6) is -0.563. The standard InChI is InChI=1S/C14H19N3O2/c1-4-5-12-11(7-6-9(2)17-12)13(16-8-18)10(3)14(15)19/h6-8H,4-5H2,1-3H3,(H2,15,19)(H,16,18)/b13-10-. The molecule has 2 amide bonds. The molecule has 1 heterocycles. The second-order valence-electron chi connectivity index (χ2n) is 4.32. The Morgan fingerprint density at radius 2 is 2.16 bits per heavy atom. The minimum Gasteiger partial charge on any atom is -0.366 e. The number of hydrogen-bond donors (Lipinski definition) is 2. The normalized spacial score (nSPS) is 11.7. The van der Waals surface area contributed by atoms with E-state index in [1.54, 1.807) is 6.92 Å². The molecule has 1 aromatic heterocycles. The molecule has 3 N–H and O–H groups in total. The Balaban J connectivity index is 3.42. The van der Waals surface area contributed by atoms with Crippen LogP contribution in [0.15, 0.2) is 17.7 Å². The van der Waals surface area contributed by atoms with Crippen LogP contribution < -0.4 is 11.1 Å². The van der Waals surface area contributed by atoms with E-state index in [1.165, 1.54) is 0 Å². The summed E-state index contributed by atoms with van der Waals surface area (Å²) in [5.41, 5.74) is 8.53. The van der Waals surface area contributed by atoms with E-state index < -0.39 is 5.91 Å². The van der Waals surface area contributed by atoms with Crippen LogP contribution in [0.25, 0.3) is 5.70 Å². The molecule has 0 saturated carbocycles. The Labute approximate surface area is 112 Å². The first-order valence-electron chi connectivity index (χ1n) is 6.19. The van der Waals surface area contributed by atoms with Crippen molar-refractivity contribution in [2.24, 2.45) is 5.73 Å². The summed E-state index contributed by atoms with van der Waals surface area (Å²) in [4.78, 5) is 26.5.